The van der Waals surface area contributed by atoms with Gasteiger partial charge in [-0.05, 0) is 5.92 Å². The van der Waals surface area contributed by atoms with Crippen molar-refractivity contribution in [2.75, 3.05) is 13.1 Å². The Balaban J connectivity index is 3.45. The molecule has 0 spiro atoms. The van der Waals surface area contributed by atoms with Gasteiger partial charge in [0.1, 0.15) is 0 Å². The number of hydrogen-bond acceptors (Lipinski definition) is 2. The molecule has 0 aliphatic carbocycles. The maximum atomic E-state index is 11.1. The zero-order valence-electron chi connectivity index (χ0n) is 9.46. The number of rotatable bonds is 5. The quantitative estimate of drug-likeness (QED) is 0.585. The smallest absolute Gasteiger partial charge is 0.318 e. The topological polar surface area (TPSA) is 70.2 Å². The van der Waals surface area contributed by atoms with Crippen molar-refractivity contribution in [1.29, 1.82) is 0 Å². The molecule has 0 fully saturated rings. The number of hydrogen-bond donors (Lipinski definition) is 3. The number of nitrogens with one attached hydrogen (secondary N) is 3. The van der Waals surface area contributed by atoms with Crippen LogP contribution in [0.15, 0.2) is 12.3 Å². The van der Waals surface area contributed by atoms with Gasteiger partial charge in [0.15, 0.2) is 0 Å². The van der Waals surface area contributed by atoms with E-state index in [9.17, 15) is 9.59 Å². The minimum atomic E-state index is -0.266. The largest absolute Gasteiger partial charge is 0.355 e. The molecular formula is C10H19N3O2. The molecule has 15 heavy (non-hydrogen) atoms. The van der Waals surface area contributed by atoms with Gasteiger partial charge in [0.25, 0.3) is 0 Å². The van der Waals surface area contributed by atoms with Crippen molar-refractivity contribution in [3.8, 4) is 0 Å². The first kappa shape index (κ1) is 13.5. The average molecular weight is 213 g/mol. The lowest BCUT2D eigenvalue weighted by Crippen LogP contribution is -2.37. The van der Waals surface area contributed by atoms with Gasteiger partial charge < -0.3 is 16.0 Å². The number of allylic oxidation sites excluding steroid dienone is 1. The van der Waals surface area contributed by atoms with Crippen molar-refractivity contribution in [1.82, 2.24) is 16.0 Å². The molecule has 3 N–H and O–H groups in total. The second-order valence-corrected chi connectivity index (χ2v) is 3.49. The van der Waals surface area contributed by atoms with E-state index >= 15 is 0 Å². The van der Waals surface area contributed by atoms with Crippen molar-refractivity contribution >= 4 is 11.9 Å². The van der Waals surface area contributed by atoms with Crippen LogP contribution in [0.4, 0.5) is 4.79 Å². The summed E-state index contributed by atoms with van der Waals surface area (Å²) in [5.41, 5.74) is 0. The molecule has 0 rings (SSSR count). The highest BCUT2D eigenvalue weighted by molar-refractivity contribution is 5.75. The molecule has 5 nitrogen and oxygen atoms in total. The van der Waals surface area contributed by atoms with Crippen LogP contribution >= 0.6 is 0 Å². The maximum absolute atomic E-state index is 11.1. The summed E-state index contributed by atoms with van der Waals surface area (Å²) in [5.74, 6) is 0.307. The Morgan fingerprint density at radius 2 is 1.80 bits per heavy atom. The third-order valence-electron chi connectivity index (χ3n) is 1.48. The molecule has 0 saturated heterocycles. The molecule has 0 aromatic rings. The van der Waals surface area contributed by atoms with Gasteiger partial charge in [-0.2, -0.15) is 0 Å². The normalized spacial score (nSPS) is 10.4. The third-order valence-corrected chi connectivity index (χ3v) is 1.48. The lowest BCUT2D eigenvalue weighted by Gasteiger charge is -2.05. The summed E-state index contributed by atoms with van der Waals surface area (Å²) in [6.07, 6.45) is 3.49. The van der Waals surface area contributed by atoms with Crippen molar-refractivity contribution < 1.29 is 9.59 Å². The van der Waals surface area contributed by atoms with Crippen LogP contribution in [0.3, 0.4) is 0 Å². The molecule has 0 aromatic carbocycles. The van der Waals surface area contributed by atoms with E-state index in [-0.39, 0.29) is 11.9 Å². The summed E-state index contributed by atoms with van der Waals surface area (Å²) in [5, 5.41) is 7.73. The fourth-order valence-corrected chi connectivity index (χ4v) is 0.782. The Morgan fingerprint density at radius 1 is 1.20 bits per heavy atom. The number of carbonyl (C=O) groups is 2. The van der Waals surface area contributed by atoms with Crippen molar-refractivity contribution in [2.24, 2.45) is 5.92 Å². The first-order valence-corrected chi connectivity index (χ1v) is 4.98. The second kappa shape index (κ2) is 7.84. The Hall–Kier alpha value is -1.52. The fourth-order valence-electron chi connectivity index (χ4n) is 0.782. The van der Waals surface area contributed by atoms with Crippen LogP contribution in [0.5, 0.6) is 0 Å². The van der Waals surface area contributed by atoms with Crippen LogP contribution in [0, 0.1) is 5.92 Å². The van der Waals surface area contributed by atoms with Crippen molar-refractivity contribution in [3.63, 3.8) is 0 Å². The molecule has 0 heterocycles. The van der Waals surface area contributed by atoms with Crippen LogP contribution in [-0.2, 0) is 4.79 Å². The van der Waals surface area contributed by atoms with E-state index in [0.717, 1.165) is 0 Å². The van der Waals surface area contributed by atoms with Crippen LogP contribution in [0.1, 0.15) is 20.8 Å². The van der Waals surface area contributed by atoms with Gasteiger partial charge in [0, 0.05) is 26.2 Å². The Morgan fingerprint density at radius 3 is 2.33 bits per heavy atom. The van der Waals surface area contributed by atoms with Crippen LogP contribution < -0.4 is 16.0 Å². The molecule has 86 valence electrons. The first-order chi connectivity index (χ1) is 7.02. The van der Waals surface area contributed by atoms with E-state index in [4.69, 9.17) is 0 Å². The lowest BCUT2D eigenvalue weighted by atomic mass is 10.2. The first-order valence-electron chi connectivity index (χ1n) is 4.98. The van der Waals surface area contributed by atoms with Gasteiger partial charge in [0.05, 0.1) is 0 Å². The monoisotopic (exact) mass is 213 g/mol. The van der Waals surface area contributed by atoms with E-state index < -0.39 is 0 Å². The average Bonchev–Trinajstić information content (AvgIpc) is 2.11. The van der Waals surface area contributed by atoms with E-state index in [0.29, 0.717) is 19.0 Å². The Kier molecular flexibility index (Phi) is 7.05. The van der Waals surface area contributed by atoms with E-state index in [2.05, 4.69) is 16.0 Å². The lowest BCUT2D eigenvalue weighted by molar-refractivity contribution is -0.118. The minimum Gasteiger partial charge on any atom is -0.355 e. The zero-order chi connectivity index (χ0) is 11.7. The Bertz CT molecular complexity index is 237. The molecule has 3 amide bonds. The number of amides is 3. The molecule has 0 bridgehead atoms. The molecule has 0 aliphatic rings. The molecule has 0 aliphatic heterocycles. The molecular weight excluding hydrogens is 194 g/mol. The number of urea groups is 1. The summed E-state index contributed by atoms with van der Waals surface area (Å²) in [6, 6.07) is -0.266. The van der Waals surface area contributed by atoms with Gasteiger partial charge >= 0.3 is 6.03 Å². The molecule has 5 heteroatoms. The minimum absolute atomic E-state index is 0.100. The summed E-state index contributed by atoms with van der Waals surface area (Å²) in [6.45, 7) is 6.34. The third kappa shape index (κ3) is 10.4. The van der Waals surface area contributed by atoms with Gasteiger partial charge in [-0.3, -0.25) is 4.79 Å². The summed E-state index contributed by atoms with van der Waals surface area (Å²) in [4.78, 5) is 21.6. The van der Waals surface area contributed by atoms with Gasteiger partial charge in [-0.15, -0.1) is 0 Å². The van der Waals surface area contributed by atoms with Crippen molar-refractivity contribution in [3.05, 3.63) is 12.3 Å². The van der Waals surface area contributed by atoms with Gasteiger partial charge in [-0.1, -0.05) is 19.9 Å². The predicted octanol–water partition coefficient (Wildman–Crippen LogP) is 0.591. The number of carbonyl (C=O) groups excluding carboxylic acids is 2. The predicted molar refractivity (Wildman–Crippen MR) is 59.2 cm³/mol. The summed E-state index contributed by atoms with van der Waals surface area (Å²) in [7, 11) is 0. The van der Waals surface area contributed by atoms with Crippen LogP contribution in [-0.4, -0.2) is 25.0 Å². The Labute approximate surface area is 90.3 Å². The summed E-state index contributed by atoms with van der Waals surface area (Å²) >= 11 is 0. The van der Waals surface area contributed by atoms with E-state index in [1.807, 2.05) is 19.9 Å². The standard InChI is InChI=1S/C10H19N3O2/c1-8(2)4-5-12-10(15)13-7-6-11-9(3)14/h4-5,8H,6-7H2,1-3H3,(H,11,14)(H2,12,13,15)/b5-4+. The highest BCUT2D eigenvalue weighted by atomic mass is 16.2. The van der Waals surface area contributed by atoms with Gasteiger partial charge in [0.2, 0.25) is 5.91 Å². The highest BCUT2D eigenvalue weighted by Gasteiger charge is 1.96. The van der Waals surface area contributed by atoms with Crippen LogP contribution in [0.25, 0.3) is 0 Å². The molecule has 0 radical (unpaired) electrons. The van der Waals surface area contributed by atoms with Crippen LogP contribution in [0.2, 0.25) is 0 Å². The fraction of sp³-hybridized carbons (Fsp3) is 0.600. The molecule has 0 unspecified atom stereocenters. The summed E-state index contributed by atoms with van der Waals surface area (Å²) < 4.78 is 0. The van der Waals surface area contributed by atoms with E-state index in [1.165, 1.54) is 6.92 Å². The van der Waals surface area contributed by atoms with Crippen molar-refractivity contribution in [2.45, 2.75) is 20.8 Å². The maximum Gasteiger partial charge on any atom is 0.318 e. The highest BCUT2D eigenvalue weighted by Crippen LogP contribution is 1.90. The molecule has 0 saturated carbocycles. The van der Waals surface area contributed by atoms with E-state index in [1.54, 1.807) is 6.20 Å². The second-order valence-electron chi connectivity index (χ2n) is 3.49. The SMILES string of the molecule is CC(=O)NCCNC(=O)N/C=C/C(C)C. The molecule has 0 aromatic heterocycles. The zero-order valence-corrected chi connectivity index (χ0v) is 9.46. The van der Waals surface area contributed by atoms with Gasteiger partial charge in [-0.25, -0.2) is 4.79 Å². The molecule has 0 atom stereocenters.